The predicted molar refractivity (Wildman–Crippen MR) is 71.3 cm³/mol. The van der Waals surface area contributed by atoms with Crippen LogP contribution in [0.2, 0.25) is 0 Å². The van der Waals surface area contributed by atoms with Crippen LogP contribution in [0.25, 0.3) is 0 Å². The maximum absolute atomic E-state index is 5.19. The van der Waals surface area contributed by atoms with Crippen LogP contribution in [0.3, 0.4) is 0 Å². The average Bonchev–Trinajstić information content (AvgIpc) is 2.36. The molecule has 1 spiro atoms. The second kappa shape index (κ2) is 6.17. The summed E-state index contributed by atoms with van der Waals surface area (Å²) in [6.07, 6.45) is 8.21. The van der Waals surface area contributed by atoms with E-state index in [0.29, 0.717) is 11.6 Å². The summed E-state index contributed by atoms with van der Waals surface area (Å²) in [6.45, 7) is 6.82. The summed E-state index contributed by atoms with van der Waals surface area (Å²) < 4.78 is 5.19. The van der Waals surface area contributed by atoms with Crippen LogP contribution in [0.4, 0.5) is 0 Å². The first-order valence-corrected chi connectivity index (χ1v) is 7.24. The van der Waals surface area contributed by atoms with E-state index in [0.717, 1.165) is 6.61 Å². The molecule has 0 bridgehead atoms. The van der Waals surface area contributed by atoms with E-state index in [2.05, 4.69) is 17.1 Å². The lowest BCUT2D eigenvalue weighted by molar-refractivity contribution is 0.00747. The van der Waals surface area contributed by atoms with Gasteiger partial charge in [-0.15, -0.1) is 0 Å². The lowest BCUT2D eigenvalue weighted by Gasteiger charge is -2.51. The zero-order valence-electron chi connectivity index (χ0n) is 11.5. The van der Waals surface area contributed by atoms with Crippen LogP contribution in [0, 0.1) is 0 Å². The molecule has 2 fully saturated rings. The maximum Gasteiger partial charge on any atom is 0.0474 e. The van der Waals surface area contributed by atoms with Crippen molar-refractivity contribution < 1.29 is 4.74 Å². The Bertz CT molecular complexity index is 226. The zero-order valence-corrected chi connectivity index (χ0v) is 11.5. The van der Waals surface area contributed by atoms with Gasteiger partial charge in [0.05, 0.1) is 0 Å². The largest absolute Gasteiger partial charge is 0.385 e. The highest BCUT2D eigenvalue weighted by Crippen LogP contribution is 2.35. The molecule has 1 heterocycles. The van der Waals surface area contributed by atoms with Crippen molar-refractivity contribution in [3.63, 3.8) is 0 Å². The molecule has 3 nitrogen and oxygen atoms in total. The van der Waals surface area contributed by atoms with Crippen LogP contribution in [-0.2, 0) is 4.74 Å². The maximum atomic E-state index is 5.19. The highest BCUT2D eigenvalue weighted by molar-refractivity contribution is 4.99. The van der Waals surface area contributed by atoms with Crippen molar-refractivity contribution in [1.82, 2.24) is 10.2 Å². The third-order valence-corrected chi connectivity index (χ3v) is 4.51. The van der Waals surface area contributed by atoms with E-state index >= 15 is 0 Å². The van der Waals surface area contributed by atoms with Crippen molar-refractivity contribution in [3.05, 3.63) is 0 Å². The molecule has 0 radical (unpaired) electrons. The fourth-order valence-corrected chi connectivity index (χ4v) is 3.50. The van der Waals surface area contributed by atoms with Crippen LogP contribution in [0.15, 0.2) is 0 Å². The SMILES string of the molecule is COCCCN1CC(C)NCC12CCCCC2. The fraction of sp³-hybridized carbons (Fsp3) is 1.00. The third kappa shape index (κ3) is 3.21. The van der Waals surface area contributed by atoms with Crippen LogP contribution >= 0.6 is 0 Å². The summed E-state index contributed by atoms with van der Waals surface area (Å²) in [6, 6.07) is 0.644. The Hall–Kier alpha value is -0.120. The number of hydrogen-bond donors (Lipinski definition) is 1. The van der Waals surface area contributed by atoms with E-state index in [-0.39, 0.29) is 0 Å². The minimum Gasteiger partial charge on any atom is -0.385 e. The van der Waals surface area contributed by atoms with Crippen LogP contribution in [0.1, 0.15) is 45.4 Å². The van der Waals surface area contributed by atoms with E-state index in [1.165, 1.54) is 58.2 Å². The Morgan fingerprint density at radius 3 is 2.76 bits per heavy atom. The van der Waals surface area contributed by atoms with E-state index in [4.69, 9.17) is 4.74 Å². The molecule has 0 amide bonds. The van der Waals surface area contributed by atoms with Crippen LogP contribution in [-0.4, -0.2) is 49.8 Å². The molecule has 0 aromatic rings. The summed E-state index contributed by atoms with van der Waals surface area (Å²) in [4.78, 5) is 2.76. The fourth-order valence-electron chi connectivity index (χ4n) is 3.50. The van der Waals surface area contributed by atoms with E-state index in [1.807, 2.05) is 0 Å². The normalized spacial score (nSPS) is 29.6. The van der Waals surface area contributed by atoms with E-state index in [1.54, 1.807) is 7.11 Å². The number of methoxy groups -OCH3 is 1. The molecule has 0 aromatic heterocycles. The summed E-state index contributed by atoms with van der Waals surface area (Å²) in [5, 5.41) is 3.69. The molecule has 2 aliphatic rings. The Morgan fingerprint density at radius 2 is 2.06 bits per heavy atom. The second-order valence-electron chi connectivity index (χ2n) is 5.86. The molecule has 2 rings (SSSR count). The minimum absolute atomic E-state index is 0.471. The zero-order chi connectivity index (χ0) is 12.1. The molecule has 1 atom stereocenters. The number of rotatable bonds is 4. The summed E-state index contributed by atoms with van der Waals surface area (Å²) in [5.74, 6) is 0. The van der Waals surface area contributed by atoms with Gasteiger partial charge in [-0.2, -0.15) is 0 Å². The van der Waals surface area contributed by atoms with Gasteiger partial charge in [0.15, 0.2) is 0 Å². The van der Waals surface area contributed by atoms with Gasteiger partial charge < -0.3 is 10.1 Å². The number of piperazine rings is 1. The third-order valence-electron chi connectivity index (χ3n) is 4.51. The Balaban J connectivity index is 1.95. The standard InChI is InChI=1S/C14H28N2O/c1-13-11-16(9-6-10-17-2)14(12-15-13)7-4-3-5-8-14/h13,15H,3-12H2,1-2H3. The average molecular weight is 240 g/mol. The smallest absolute Gasteiger partial charge is 0.0474 e. The summed E-state index contributed by atoms with van der Waals surface area (Å²) in [7, 11) is 1.80. The van der Waals surface area contributed by atoms with E-state index < -0.39 is 0 Å². The molecule has 1 saturated carbocycles. The molecule has 17 heavy (non-hydrogen) atoms. The van der Waals surface area contributed by atoms with Gasteiger partial charge in [0.1, 0.15) is 0 Å². The van der Waals surface area contributed by atoms with Gasteiger partial charge >= 0.3 is 0 Å². The first-order valence-electron chi connectivity index (χ1n) is 7.24. The molecular formula is C14H28N2O. The van der Waals surface area contributed by atoms with Crippen molar-refractivity contribution in [2.24, 2.45) is 0 Å². The van der Waals surface area contributed by atoms with Crippen molar-refractivity contribution in [1.29, 1.82) is 0 Å². The Morgan fingerprint density at radius 1 is 1.29 bits per heavy atom. The van der Waals surface area contributed by atoms with Gasteiger partial charge in [0, 0.05) is 44.9 Å². The molecule has 1 saturated heterocycles. The van der Waals surface area contributed by atoms with Gasteiger partial charge in [-0.1, -0.05) is 19.3 Å². The highest BCUT2D eigenvalue weighted by Gasteiger charge is 2.40. The van der Waals surface area contributed by atoms with Crippen LogP contribution in [0.5, 0.6) is 0 Å². The highest BCUT2D eigenvalue weighted by atomic mass is 16.5. The second-order valence-corrected chi connectivity index (χ2v) is 5.86. The number of nitrogens with one attached hydrogen (secondary N) is 1. The predicted octanol–water partition coefficient (Wildman–Crippen LogP) is 2.02. The van der Waals surface area contributed by atoms with Gasteiger partial charge in [-0.25, -0.2) is 0 Å². The monoisotopic (exact) mass is 240 g/mol. The molecule has 1 aliphatic carbocycles. The topological polar surface area (TPSA) is 24.5 Å². The summed E-state index contributed by atoms with van der Waals surface area (Å²) >= 11 is 0. The first-order chi connectivity index (χ1) is 8.27. The number of ether oxygens (including phenoxy) is 1. The van der Waals surface area contributed by atoms with Crippen molar-refractivity contribution in [2.45, 2.75) is 57.0 Å². The molecular weight excluding hydrogens is 212 g/mol. The van der Waals surface area contributed by atoms with Gasteiger partial charge in [-0.3, -0.25) is 4.90 Å². The lowest BCUT2D eigenvalue weighted by Crippen LogP contribution is -2.64. The Kier molecular flexibility index (Phi) is 4.83. The quantitative estimate of drug-likeness (QED) is 0.761. The molecule has 0 aromatic carbocycles. The minimum atomic E-state index is 0.471. The van der Waals surface area contributed by atoms with Crippen molar-refractivity contribution >= 4 is 0 Å². The molecule has 100 valence electrons. The molecule has 1 aliphatic heterocycles. The Labute approximate surface area is 106 Å². The van der Waals surface area contributed by atoms with Gasteiger partial charge in [0.2, 0.25) is 0 Å². The molecule has 3 heteroatoms. The molecule has 1 unspecified atom stereocenters. The lowest BCUT2D eigenvalue weighted by atomic mass is 9.78. The van der Waals surface area contributed by atoms with Gasteiger partial charge in [-0.05, 0) is 26.2 Å². The van der Waals surface area contributed by atoms with Crippen molar-refractivity contribution in [2.75, 3.05) is 33.4 Å². The van der Waals surface area contributed by atoms with Crippen LogP contribution < -0.4 is 5.32 Å². The molecule has 1 N–H and O–H groups in total. The number of nitrogens with zero attached hydrogens (tertiary/aromatic N) is 1. The van der Waals surface area contributed by atoms with Crippen molar-refractivity contribution in [3.8, 4) is 0 Å². The summed E-state index contributed by atoms with van der Waals surface area (Å²) in [5.41, 5.74) is 0.471. The van der Waals surface area contributed by atoms with E-state index in [9.17, 15) is 0 Å². The number of hydrogen-bond acceptors (Lipinski definition) is 3. The van der Waals surface area contributed by atoms with Gasteiger partial charge in [0.25, 0.3) is 0 Å². The first kappa shape index (κ1) is 13.3.